The molecule has 3 unspecified atom stereocenters. The Morgan fingerprint density at radius 1 is 1.21 bits per heavy atom. The molecule has 1 saturated carbocycles. The first-order valence-electron chi connectivity index (χ1n) is 12.5. The zero-order valence-electron chi connectivity index (χ0n) is 20.4. The molecule has 2 aliphatic heterocycles. The Bertz CT molecular complexity index is 1970. The van der Waals surface area contributed by atoms with E-state index in [2.05, 4.69) is 9.71 Å². The van der Waals surface area contributed by atoms with Gasteiger partial charge in [-0.15, -0.1) is 4.40 Å². The fourth-order valence-electron chi connectivity index (χ4n) is 5.74. The lowest BCUT2D eigenvalue weighted by molar-refractivity contribution is 0.360. The SMILES string of the molecule is O=c1c(C2=NS(=O)(=O)c3cc(C4CCCS4(=O)=O)ccc3N2)c(O)c2cccn2n1CC1=CC2CC2(F)C=C1. The van der Waals surface area contributed by atoms with Crippen LogP contribution in [-0.4, -0.2) is 48.4 Å². The predicted octanol–water partition coefficient (Wildman–Crippen LogP) is 2.84. The van der Waals surface area contributed by atoms with Crippen molar-refractivity contribution in [2.45, 2.75) is 41.6 Å². The van der Waals surface area contributed by atoms with E-state index >= 15 is 0 Å². The molecule has 0 bridgehead atoms. The Kier molecular flexibility index (Phi) is 4.94. The lowest BCUT2D eigenvalue weighted by Crippen LogP contribution is -2.35. The Morgan fingerprint density at radius 2 is 2.03 bits per heavy atom. The number of amidine groups is 1. The molecule has 10 nitrogen and oxygen atoms in total. The summed E-state index contributed by atoms with van der Waals surface area (Å²) in [5.41, 5.74) is -0.887. The largest absolute Gasteiger partial charge is 0.505 e. The lowest BCUT2D eigenvalue weighted by Gasteiger charge is -2.22. The molecular weight excluding hydrogens is 547 g/mol. The maximum Gasteiger partial charge on any atom is 0.286 e. The predicted molar refractivity (Wildman–Crippen MR) is 142 cm³/mol. The zero-order chi connectivity index (χ0) is 27.3. The fourth-order valence-corrected chi connectivity index (χ4v) is 8.84. The van der Waals surface area contributed by atoms with E-state index in [0.717, 1.165) is 0 Å². The second-order valence-electron chi connectivity index (χ2n) is 10.4. The summed E-state index contributed by atoms with van der Waals surface area (Å²) in [4.78, 5) is 13.5. The van der Waals surface area contributed by atoms with Gasteiger partial charge < -0.3 is 10.4 Å². The third kappa shape index (κ3) is 3.70. The number of hydrogen-bond acceptors (Lipinski definition) is 7. The highest BCUT2D eigenvalue weighted by Crippen LogP contribution is 2.52. The number of allylic oxidation sites excluding steroid dienone is 4. The first-order chi connectivity index (χ1) is 18.5. The molecular formula is C26H23FN4O6S2. The van der Waals surface area contributed by atoms with Crippen molar-refractivity contribution in [3.63, 3.8) is 0 Å². The van der Waals surface area contributed by atoms with Gasteiger partial charge in [-0.05, 0) is 60.7 Å². The van der Waals surface area contributed by atoms with Crippen molar-refractivity contribution in [3.05, 3.63) is 81.8 Å². The Balaban J connectivity index is 1.32. The second-order valence-corrected chi connectivity index (χ2v) is 14.3. The molecule has 0 spiro atoms. The van der Waals surface area contributed by atoms with Gasteiger partial charge in [0.25, 0.3) is 15.6 Å². The lowest BCUT2D eigenvalue weighted by atomic mass is 10.1. The van der Waals surface area contributed by atoms with Crippen LogP contribution in [0.25, 0.3) is 5.52 Å². The van der Waals surface area contributed by atoms with Gasteiger partial charge in [-0.25, -0.2) is 17.5 Å². The molecule has 7 rings (SSSR count). The molecule has 3 aromatic rings. The maximum absolute atomic E-state index is 14.3. The van der Waals surface area contributed by atoms with Gasteiger partial charge in [-0.2, -0.15) is 8.42 Å². The van der Waals surface area contributed by atoms with Crippen LogP contribution < -0.4 is 10.9 Å². The topological polar surface area (TPSA) is 139 Å². The third-order valence-corrected chi connectivity index (χ3v) is 11.5. The number of hydrogen-bond donors (Lipinski definition) is 2. The van der Waals surface area contributed by atoms with Crippen LogP contribution in [0.4, 0.5) is 10.1 Å². The Morgan fingerprint density at radius 3 is 2.77 bits per heavy atom. The van der Waals surface area contributed by atoms with Gasteiger partial charge in [0.15, 0.2) is 21.4 Å². The Hall–Kier alpha value is -3.71. The van der Waals surface area contributed by atoms with Gasteiger partial charge in [0.1, 0.15) is 21.6 Å². The molecule has 3 atom stereocenters. The number of fused-ring (bicyclic) bond motifs is 3. The van der Waals surface area contributed by atoms with E-state index in [1.807, 2.05) is 0 Å². The number of aromatic nitrogens is 2. The standard InChI is InChI=1S/C26H23FN4O6S2/c27-26-8-7-15(11-17(26)13-26)14-31-25(33)22(23(32)19-3-1-9-30(19)31)24-28-18-6-5-16(12-21(18)39(36,37)29-24)20-4-2-10-38(20,34)35/h1,3,5-9,11-12,17,20,32H,2,4,10,13-14H2,(H,28,29). The van der Waals surface area contributed by atoms with E-state index < -0.39 is 42.1 Å². The van der Waals surface area contributed by atoms with E-state index in [9.17, 15) is 31.1 Å². The highest BCUT2D eigenvalue weighted by Gasteiger charge is 2.53. The number of aromatic hydroxyl groups is 1. The molecule has 2 aliphatic carbocycles. The highest BCUT2D eigenvalue weighted by molar-refractivity contribution is 7.92. The number of nitrogens with one attached hydrogen (secondary N) is 1. The quantitative estimate of drug-likeness (QED) is 0.492. The first kappa shape index (κ1) is 24.3. The molecule has 2 fully saturated rings. The van der Waals surface area contributed by atoms with Crippen LogP contribution in [0.5, 0.6) is 5.75 Å². The number of sulfone groups is 1. The zero-order valence-corrected chi connectivity index (χ0v) is 22.0. The average molecular weight is 571 g/mol. The van der Waals surface area contributed by atoms with E-state index in [4.69, 9.17) is 0 Å². The summed E-state index contributed by atoms with van der Waals surface area (Å²) >= 11 is 0. The van der Waals surface area contributed by atoms with Crippen molar-refractivity contribution in [3.8, 4) is 5.75 Å². The summed E-state index contributed by atoms with van der Waals surface area (Å²) in [6.07, 6.45) is 7.82. The fraction of sp³-hybridized carbons (Fsp3) is 0.308. The van der Waals surface area contributed by atoms with Crippen molar-refractivity contribution in [1.29, 1.82) is 0 Å². The number of halogens is 1. The number of anilines is 1. The number of rotatable bonds is 4. The molecule has 1 aromatic carbocycles. The van der Waals surface area contributed by atoms with Crippen LogP contribution in [0, 0.1) is 5.92 Å². The van der Waals surface area contributed by atoms with Gasteiger partial charge in [-0.1, -0.05) is 18.2 Å². The number of nitrogens with zero attached hydrogens (tertiary/aromatic N) is 3. The highest BCUT2D eigenvalue weighted by atomic mass is 32.2. The van der Waals surface area contributed by atoms with Gasteiger partial charge in [0, 0.05) is 12.1 Å². The molecule has 2 N–H and O–H groups in total. The molecule has 0 radical (unpaired) electrons. The van der Waals surface area contributed by atoms with Crippen LogP contribution in [0.1, 0.15) is 35.6 Å². The molecule has 4 heterocycles. The van der Waals surface area contributed by atoms with Crippen molar-refractivity contribution in [1.82, 2.24) is 9.20 Å². The van der Waals surface area contributed by atoms with Gasteiger partial charge in [0.05, 0.1) is 23.2 Å². The van der Waals surface area contributed by atoms with E-state index in [1.54, 1.807) is 36.5 Å². The van der Waals surface area contributed by atoms with Gasteiger partial charge in [0.2, 0.25) is 0 Å². The molecule has 0 amide bonds. The Labute approximate surface area is 222 Å². The molecule has 13 heteroatoms. The van der Waals surface area contributed by atoms with E-state index in [1.165, 1.54) is 27.4 Å². The number of sulfonamides is 1. The van der Waals surface area contributed by atoms with Crippen LogP contribution in [-0.2, 0) is 26.4 Å². The molecule has 1 saturated heterocycles. The monoisotopic (exact) mass is 570 g/mol. The molecule has 4 aliphatic rings. The molecule has 2 aromatic heterocycles. The minimum Gasteiger partial charge on any atom is -0.505 e. The van der Waals surface area contributed by atoms with Gasteiger partial charge in [-0.3, -0.25) is 9.31 Å². The second kappa shape index (κ2) is 7.92. The summed E-state index contributed by atoms with van der Waals surface area (Å²) in [5.74, 6) is -0.975. The average Bonchev–Trinajstić information content (AvgIpc) is 3.16. The van der Waals surface area contributed by atoms with Crippen LogP contribution in [0.3, 0.4) is 0 Å². The normalized spacial score (nSPS) is 27.8. The summed E-state index contributed by atoms with van der Waals surface area (Å²) in [6.45, 7) is 0.0657. The third-order valence-electron chi connectivity index (χ3n) is 7.91. The number of alkyl halides is 1. The van der Waals surface area contributed by atoms with Crippen molar-refractivity contribution in [2.24, 2.45) is 10.3 Å². The molecule has 39 heavy (non-hydrogen) atoms. The van der Waals surface area contributed by atoms with Crippen LogP contribution in [0.15, 0.2) is 74.4 Å². The van der Waals surface area contributed by atoms with Gasteiger partial charge >= 0.3 is 0 Å². The van der Waals surface area contributed by atoms with Crippen molar-refractivity contribution < 1.29 is 26.3 Å². The van der Waals surface area contributed by atoms with Crippen LogP contribution in [0.2, 0.25) is 0 Å². The summed E-state index contributed by atoms with van der Waals surface area (Å²) in [5, 5.41) is 13.1. The van der Waals surface area contributed by atoms with Crippen molar-refractivity contribution >= 4 is 36.9 Å². The smallest absolute Gasteiger partial charge is 0.286 e. The van der Waals surface area contributed by atoms with E-state index in [0.29, 0.717) is 30.4 Å². The van der Waals surface area contributed by atoms with Crippen LogP contribution >= 0.6 is 0 Å². The maximum atomic E-state index is 14.3. The van der Waals surface area contributed by atoms with E-state index in [-0.39, 0.29) is 45.7 Å². The first-order valence-corrected chi connectivity index (χ1v) is 15.6. The number of benzene rings is 1. The summed E-state index contributed by atoms with van der Waals surface area (Å²) in [6, 6.07) is 7.52. The molecule has 202 valence electrons. The summed E-state index contributed by atoms with van der Waals surface area (Å²) in [7, 11) is -7.72. The minimum atomic E-state index is -4.35. The minimum absolute atomic E-state index is 0.0534. The summed E-state index contributed by atoms with van der Waals surface area (Å²) < 4.78 is 72.3. The van der Waals surface area contributed by atoms with Crippen molar-refractivity contribution in [2.75, 3.05) is 11.1 Å².